The van der Waals surface area contributed by atoms with E-state index in [9.17, 15) is 13.2 Å². The van der Waals surface area contributed by atoms with Gasteiger partial charge in [-0.25, -0.2) is 18.1 Å². The van der Waals surface area contributed by atoms with Crippen molar-refractivity contribution in [2.24, 2.45) is 5.92 Å². The van der Waals surface area contributed by atoms with E-state index in [2.05, 4.69) is 9.71 Å². The topological polar surface area (TPSA) is 120 Å². The molecular formula is C13H15N3O4S. The molecule has 0 spiro atoms. The highest BCUT2D eigenvalue weighted by Crippen LogP contribution is 2.26. The van der Waals surface area contributed by atoms with Gasteiger partial charge >= 0.3 is 5.97 Å². The second-order valence-corrected chi connectivity index (χ2v) is 6.66. The maximum atomic E-state index is 12.2. The van der Waals surface area contributed by atoms with E-state index in [1.165, 1.54) is 12.1 Å². The molecule has 2 unspecified atom stereocenters. The monoisotopic (exact) mass is 309 g/mol. The molecule has 1 aromatic rings. The standard InChI is InChI=1S/C13H15N3O4S/c14-7-9-5-6-10(8-15-9)21(19,20)16-12-4-2-1-3-11(12)13(17)18/h5-6,8,11-12,16H,1-4H2,(H,17,18). The maximum Gasteiger partial charge on any atom is 0.308 e. The number of hydrogen-bond donors (Lipinski definition) is 2. The van der Waals surface area contributed by atoms with Crippen molar-refractivity contribution in [2.45, 2.75) is 36.6 Å². The molecule has 1 aliphatic carbocycles. The fraction of sp³-hybridized carbons (Fsp3) is 0.462. The van der Waals surface area contributed by atoms with Crippen molar-refractivity contribution in [3.05, 3.63) is 24.0 Å². The second kappa shape index (κ2) is 6.20. The number of carboxylic acids is 1. The Morgan fingerprint density at radius 2 is 2.10 bits per heavy atom. The lowest BCUT2D eigenvalue weighted by Gasteiger charge is -2.28. The zero-order valence-electron chi connectivity index (χ0n) is 11.2. The fourth-order valence-corrected chi connectivity index (χ4v) is 3.70. The van der Waals surface area contributed by atoms with E-state index in [1.54, 1.807) is 6.07 Å². The molecule has 0 aromatic carbocycles. The lowest BCUT2D eigenvalue weighted by Crippen LogP contribution is -2.45. The molecule has 0 radical (unpaired) electrons. The molecule has 1 saturated carbocycles. The van der Waals surface area contributed by atoms with E-state index in [0.717, 1.165) is 19.0 Å². The first kappa shape index (κ1) is 15.4. The van der Waals surface area contributed by atoms with E-state index in [-0.39, 0.29) is 10.6 Å². The molecule has 8 heteroatoms. The lowest BCUT2D eigenvalue weighted by molar-refractivity contribution is -0.143. The van der Waals surface area contributed by atoms with Crippen molar-refractivity contribution >= 4 is 16.0 Å². The zero-order valence-corrected chi connectivity index (χ0v) is 12.0. The van der Waals surface area contributed by atoms with Crippen LogP contribution >= 0.6 is 0 Å². The number of nitrogens with one attached hydrogen (secondary N) is 1. The van der Waals surface area contributed by atoms with Crippen LogP contribution in [0.25, 0.3) is 0 Å². The highest BCUT2D eigenvalue weighted by Gasteiger charge is 2.34. The van der Waals surface area contributed by atoms with Gasteiger partial charge in [-0.05, 0) is 25.0 Å². The van der Waals surface area contributed by atoms with Crippen molar-refractivity contribution < 1.29 is 18.3 Å². The largest absolute Gasteiger partial charge is 0.481 e. The van der Waals surface area contributed by atoms with E-state index < -0.39 is 28.0 Å². The Hall–Kier alpha value is -1.98. The molecule has 7 nitrogen and oxygen atoms in total. The third kappa shape index (κ3) is 3.56. The Morgan fingerprint density at radius 3 is 2.67 bits per heavy atom. The van der Waals surface area contributed by atoms with Crippen LogP contribution in [-0.2, 0) is 14.8 Å². The summed E-state index contributed by atoms with van der Waals surface area (Å²) in [6, 6.07) is 3.78. The fourth-order valence-electron chi connectivity index (χ4n) is 2.44. The molecule has 0 saturated heterocycles. The minimum Gasteiger partial charge on any atom is -0.481 e. The summed E-state index contributed by atoms with van der Waals surface area (Å²) >= 11 is 0. The molecule has 1 fully saturated rings. The number of hydrogen-bond acceptors (Lipinski definition) is 5. The van der Waals surface area contributed by atoms with Gasteiger partial charge in [0.2, 0.25) is 10.0 Å². The van der Waals surface area contributed by atoms with Crippen molar-refractivity contribution in [1.29, 1.82) is 5.26 Å². The second-order valence-electron chi connectivity index (χ2n) is 4.95. The molecule has 0 bridgehead atoms. The number of rotatable bonds is 4. The van der Waals surface area contributed by atoms with Crippen LogP contribution in [0.4, 0.5) is 0 Å². The van der Waals surface area contributed by atoms with Gasteiger partial charge in [0, 0.05) is 12.2 Å². The van der Waals surface area contributed by atoms with Crippen molar-refractivity contribution in [3.8, 4) is 6.07 Å². The number of aliphatic carboxylic acids is 1. The lowest BCUT2D eigenvalue weighted by atomic mass is 9.85. The van der Waals surface area contributed by atoms with E-state index in [1.807, 2.05) is 0 Å². The quantitative estimate of drug-likeness (QED) is 0.851. The van der Waals surface area contributed by atoms with Crippen LogP contribution in [0.1, 0.15) is 31.4 Å². The summed E-state index contributed by atoms with van der Waals surface area (Å²) in [4.78, 5) is 14.8. The third-order valence-electron chi connectivity index (χ3n) is 3.55. The molecule has 2 rings (SSSR count). The summed E-state index contributed by atoms with van der Waals surface area (Å²) in [5, 5.41) is 17.8. The molecule has 21 heavy (non-hydrogen) atoms. The van der Waals surface area contributed by atoms with Crippen molar-refractivity contribution in [3.63, 3.8) is 0 Å². The van der Waals surface area contributed by atoms with Crippen LogP contribution in [0.5, 0.6) is 0 Å². The van der Waals surface area contributed by atoms with Crippen LogP contribution in [-0.4, -0.2) is 30.5 Å². The molecular weight excluding hydrogens is 294 g/mol. The minimum atomic E-state index is -3.84. The van der Waals surface area contributed by atoms with Crippen LogP contribution in [0.15, 0.2) is 23.2 Å². The molecule has 112 valence electrons. The summed E-state index contributed by atoms with van der Waals surface area (Å²) < 4.78 is 26.9. The highest BCUT2D eigenvalue weighted by atomic mass is 32.2. The molecule has 0 amide bonds. The Labute approximate surface area is 122 Å². The Balaban J connectivity index is 2.19. The summed E-state index contributed by atoms with van der Waals surface area (Å²) in [6.45, 7) is 0. The normalized spacial score (nSPS) is 22.4. The van der Waals surface area contributed by atoms with Gasteiger partial charge in [-0.1, -0.05) is 12.8 Å². The first-order valence-corrected chi connectivity index (χ1v) is 8.03. The first-order valence-electron chi connectivity index (χ1n) is 6.55. The van der Waals surface area contributed by atoms with Gasteiger partial charge < -0.3 is 5.11 Å². The predicted molar refractivity (Wildman–Crippen MR) is 72.7 cm³/mol. The highest BCUT2D eigenvalue weighted by molar-refractivity contribution is 7.89. The molecule has 1 heterocycles. The summed E-state index contributed by atoms with van der Waals surface area (Å²) in [5.74, 6) is -1.69. The number of nitrogens with zero attached hydrogens (tertiary/aromatic N) is 2. The molecule has 2 atom stereocenters. The number of pyridine rings is 1. The maximum absolute atomic E-state index is 12.2. The molecule has 0 aliphatic heterocycles. The average Bonchev–Trinajstić information content (AvgIpc) is 2.47. The predicted octanol–water partition coefficient (Wildman–Crippen LogP) is 0.875. The minimum absolute atomic E-state index is 0.0730. The van der Waals surface area contributed by atoms with Crippen LogP contribution in [0, 0.1) is 17.2 Å². The molecule has 1 aliphatic rings. The van der Waals surface area contributed by atoms with Gasteiger partial charge in [-0.3, -0.25) is 4.79 Å². The first-order chi connectivity index (χ1) is 9.94. The summed E-state index contributed by atoms with van der Waals surface area (Å²) in [5.41, 5.74) is 0.120. The molecule has 1 aromatic heterocycles. The molecule has 2 N–H and O–H groups in total. The van der Waals surface area contributed by atoms with E-state index >= 15 is 0 Å². The number of carboxylic acid groups (broad SMARTS) is 1. The Kier molecular flexibility index (Phi) is 4.55. The Morgan fingerprint density at radius 1 is 1.38 bits per heavy atom. The van der Waals surface area contributed by atoms with Gasteiger partial charge in [0.1, 0.15) is 16.7 Å². The summed E-state index contributed by atoms with van der Waals surface area (Å²) in [6.07, 6.45) is 3.64. The van der Waals surface area contributed by atoms with Gasteiger partial charge in [0.15, 0.2) is 0 Å². The van der Waals surface area contributed by atoms with E-state index in [0.29, 0.717) is 12.8 Å². The van der Waals surface area contributed by atoms with Crippen LogP contribution < -0.4 is 4.72 Å². The Bertz CT molecular complexity index is 664. The number of carbonyl (C=O) groups is 1. The van der Waals surface area contributed by atoms with E-state index in [4.69, 9.17) is 10.4 Å². The van der Waals surface area contributed by atoms with Crippen molar-refractivity contribution in [1.82, 2.24) is 9.71 Å². The smallest absolute Gasteiger partial charge is 0.308 e. The SMILES string of the molecule is N#Cc1ccc(S(=O)(=O)NC2CCCCC2C(=O)O)cn1. The average molecular weight is 309 g/mol. The van der Waals surface area contributed by atoms with Gasteiger partial charge in [0.05, 0.1) is 5.92 Å². The third-order valence-corrected chi connectivity index (χ3v) is 5.03. The number of sulfonamides is 1. The number of aromatic nitrogens is 1. The van der Waals surface area contributed by atoms with Crippen LogP contribution in [0.3, 0.4) is 0 Å². The van der Waals surface area contributed by atoms with Gasteiger partial charge in [-0.15, -0.1) is 0 Å². The van der Waals surface area contributed by atoms with Crippen LogP contribution in [0.2, 0.25) is 0 Å². The van der Waals surface area contributed by atoms with Crippen molar-refractivity contribution in [2.75, 3.05) is 0 Å². The van der Waals surface area contributed by atoms with Gasteiger partial charge in [0.25, 0.3) is 0 Å². The zero-order chi connectivity index (χ0) is 15.5. The van der Waals surface area contributed by atoms with Gasteiger partial charge in [-0.2, -0.15) is 5.26 Å². The summed E-state index contributed by atoms with van der Waals surface area (Å²) in [7, 11) is -3.84. The number of nitriles is 1.